The Morgan fingerprint density at radius 1 is 1.48 bits per heavy atom. The van der Waals surface area contributed by atoms with Crippen LogP contribution in [-0.4, -0.2) is 58.8 Å². The fraction of sp³-hybridized carbons (Fsp3) is 0.500. The van der Waals surface area contributed by atoms with Gasteiger partial charge in [0.25, 0.3) is 0 Å². The number of aromatic nitrogens is 4. The molecular weight excluding hydrogens is 302 g/mol. The van der Waals surface area contributed by atoms with Gasteiger partial charge in [-0.3, -0.25) is 4.57 Å². The first-order chi connectivity index (χ1) is 10.9. The molecule has 0 saturated carbocycles. The number of hydrogen-bond acceptors (Lipinski definition) is 8. The minimum atomic E-state index is -1.93. The number of nitrogens with two attached hydrogens (primary N) is 1. The number of nitrogen functional groups attached to an aromatic ring is 1. The van der Waals surface area contributed by atoms with Gasteiger partial charge in [-0.1, -0.05) is 5.92 Å². The summed E-state index contributed by atoms with van der Waals surface area (Å²) >= 11 is 0. The van der Waals surface area contributed by atoms with Crippen molar-refractivity contribution >= 4 is 17.1 Å². The van der Waals surface area contributed by atoms with E-state index in [1.165, 1.54) is 30.9 Å². The van der Waals surface area contributed by atoms with E-state index >= 15 is 0 Å². The molecule has 0 bridgehead atoms. The number of imidazole rings is 1. The number of rotatable bonds is 2. The summed E-state index contributed by atoms with van der Waals surface area (Å²) in [4.78, 5) is 12.1. The van der Waals surface area contributed by atoms with Crippen LogP contribution in [0.2, 0.25) is 0 Å². The maximum Gasteiger partial charge on any atom is 0.222 e. The third-order valence-corrected chi connectivity index (χ3v) is 3.81. The van der Waals surface area contributed by atoms with Crippen molar-refractivity contribution in [3.8, 4) is 11.8 Å². The molecule has 23 heavy (non-hydrogen) atoms. The molecule has 1 aliphatic heterocycles. The van der Waals surface area contributed by atoms with Crippen molar-refractivity contribution in [1.29, 1.82) is 0 Å². The Labute approximate surface area is 131 Å². The highest BCUT2D eigenvalue weighted by Crippen LogP contribution is 2.40. The highest BCUT2D eigenvalue weighted by molar-refractivity contribution is 5.70. The van der Waals surface area contributed by atoms with Gasteiger partial charge in [-0.15, -0.1) is 5.92 Å². The zero-order valence-corrected chi connectivity index (χ0v) is 12.6. The molecule has 2 aromatic rings. The zero-order chi connectivity index (χ0) is 16.8. The number of nitrogens with zero attached hydrogens (tertiary/aromatic N) is 4. The standard InChI is InChI=1S/C14H17N5O4/c1-3-4-14(22)10(21)9(7(2)20)23-12(14)19-6-17-8-5-16-13(15)18-11(8)19/h5-7,9-10,12,20-22H,1-2H3,(H2,15,16,18)/t7-,9+,10-,12+,14?/m0/s1. The Hall–Kier alpha value is -2.25. The molecule has 1 fully saturated rings. The molecule has 0 radical (unpaired) electrons. The van der Waals surface area contributed by atoms with Gasteiger partial charge in [0, 0.05) is 0 Å². The maximum atomic E-state index is 10.9. The fourth-order valence-electron chi connectivity index (χ4n) is 2.73. The number of fused-ring (bicyclic) bond motifs is 1. The molecule has 5 N–H and O–H groups in total. The van der Waals surface area contributed by atoms with Gasteiger partial charge in [0.05, 0.1) is 18.6 Å². The molecule has 0 aromatic carbocycles. The fourth-order valence-corrected chi connectivity index (χ4v) is 2.73. The summed E-state index contributed by atoms with van der Waals surface area (Å²) < 4.78 is 7.08. The number of hydrogen-bond donors (Lipinski definition) is 4. The van der Waals surface area contributed by atoms with E-state index in [2.05, 4.69) is 26.8 Å². The van der Waals surface area contributed by atoms with Gasteiger partial charge in [-0.25, -0.2) is 9.97 Å². The van der Waals surface area contributed by atoms with Crippen LogP contribution >= 0.6 is 0 Å². The Kier molecular flexibility index (Phi) is 3.69. The van der Waals surface area contributed by atoms with Crippen LogP contribution in [0.15, 0.2) is 12.5 Å². The summed E-state index contributed by atoms with van der Waals surface area (Å²) in [6.07, 6.45) is -1.70. The minimum Gasteiger partial charge on any atom is -0.391 e. The van der Waals surface area contributed by atoms with E-state index in [4.69, 9.17) is 10.5 Å². The van der Waals surface area contributed by atoms with E-state index in [1.54, 1.807) is 0 Å². The van der Waals surface area contributed by atoms with E-state index in [1.807, 2.05) is 0 Å². The monoisotopic (exact) mass is 319 g/mol. The maximum absolute atomic E-state index is 10.9. The molecule has 122 valence electrons. The second-order valence-corrected chi connectivity index (χ2v) is 5.43. The Morgan fingerprint density at radius 2 is 2.22 bits per heavy atom. The van der Waals surface area contributed by atoms with Crippen molar-refractivity contribution in [1.82, 2.24) is 19.5 Å². The lowest BCUT2D eigenvalue weighted by Crippen LogP contribution is -2.47. The first-order valence-electron chi connectivity index (χ1n) is 7.01. The van der Waals surface area contributed by atoms with Crippen LogP contribution in [0.4, 0.5) is 5.95 Å². The van der Waals surface area contributed by atoms with Gasteiger partial charge in [0.1, 0.15) is 17.7 Å². The predicted octanol–water partition coefficient (Wildman–Crippen LogP) is -1.20. The summed E-state index contributed by atoms with van der Waals surface area (Å²) in [6.45, 7) is 2.99. The van der Waals surface area contributed by atoms with Gasteiger partial charge >= 0.3 is 0 Å². The molecule has 0 amide bonds. The Balaban J connectivity index is 2.14. The number of ether oxygens (including phenoxy) is 1. The summed E-state index contributed by atoms with van der Waals surface area (Å²) in [5.41, 5.74) is 4.45. The van der Waals surface area contributed by atoms with E-state index in [9.17, 15) is 15.3 Å². The first-order valence-corrected chi connectivity index (χ1v) is 7.01. The van der Waals surface area contributed by atoms with Gasteiger partial charge in [0.15, 0.2) is 17.5 Å². The topological polar surface area (TPSA) is 140 Å². The summed E-state index contributed by atoms with van der Waals surface area (Å²) in [5, 5.41) is 31.0. The number of aliphatic hydroxyl groups excluding tert-OH is 2. The van der Waals surface area contributed by atoms with Crippen molar-refractivity contribution < 1.29 is 20.1 Å². The average Bonchev–Trinajstić information content (AvgIpc) is 3.00. The highest BCUT2D eigenvalue weighted by atomic mass is 16.6. The molecule has 3 heterocycles. The van der Waals surface area contributed by atoms with Crippen LogP contribution < -0.4 is 5.73 Å². The largest absolute Gasteiger partial charge is 0.391 e. The normalized spacial score (nSPS) is 31.8. The quantitative estimate of drug-likeness (QED) is 0.506. The molecule has 1 saturated heterocycles. The highest BCUT2D eigenvalue weighted by Gasteiger charge is 2.57. The van der Waals surface area contributed by atoms with Crippen LogP contribution in [0.25, 0.3) is 11.2 Å². The van der Waals surface area contributed by atoms with Gasteiger partial charge in [0.2, 0.25) is 5.95 Å². The number of aliphatic hydroxyl groups is 3. The first kappa shape index (κ1) is 15.6. The molecule has 3 rings (SSSR count). The lowest BCUT2D eigenvalue weighted by Gasteiger charge is -2.26. The zero-order valence-electron chi connectivity index (χ0n) is 12.6. The minimum absolute atomic E-state index is 0.0370. The molecule has 1 unspecified atom stereocenters. The Morgan fingerprint density at radius 3 is 2.87 bits per heavy atom. The summed E-state index contributed by atoms with van der Waals surface area (Å²) in [5.74, 6) is 5.18. The molecule has 0 aliphatic carbocycles. The molecule has 5 atom stereocenters. The average molecular weight is 319 g/mol. The van der Waals surface area contributed by atoms with E-state index in [0.717, 1.165) is 0 Å². The molecular formula is C14H17N5O4. The summed E-state index contributed by atoms with van der Waals surface area (Å²) in [6, 6.07) is 0. The Bertz CT molecular complexity index is 795. The van der Waals surface area contributed by atoms with Gasteiger partial charge < -0.3 is 25.8 Å². The smallest absolute Gasteiger partial charge is 0.222 e. The van der Waals surface area contributed by atoms with E-state index in [0.29, 0.717) is 11.2 Å². The third kappa shape index (κ3) is 2.32. The second-order valence-electron chi connectivity index (χ2n) is 5.43. The molecule has 9 heteroatoms. The van der Waals surface area contributed by atoms with Crippen molar-refractivity contribution in [2.45, 2.75) is 44.0 Å². The number of anilines is 1. The van der Waals surface area contributed by atoms with Crippen molar-refractivity contribution in [2.24, 2.45) is 0 Å². The summed E-state index contributed by atoms with van der Waals surface area (Å²) in [7, 11) is 0. The second kappa shape index (κ2) is 5.43. The lowest BCUT2D eigenvalue weighted by atomic mass is 9.93. The van der Waals surface area contributed by atoms with Gasteiger partial charge in [-0.2, -0.15) is 4.98 Å². The SMILES string of the molecule is CC#CC1(O)[C@@H](O)[C@@H]([C@H](C)O)O[C@H]1n1cnc2cnc(N)nc21. The van der Waals surface area contributed by atoms with Crippen molar-refractivity contribution in [3.63, 3.8) is 0 Å². The van der Waals surface area contributed by atoms with Crippen LogP contribution in [-0.2, 0) is 4.74 Å². The van der Waals surface area contributed by atoms with Crippen molar-refractivity contribution in [3.05, 3.63) is 12.5 Å². The van der Waals surface area contributed by atoms with Gasteiger partial charge in [-0.05, 0) is 13.8 Å². The third-order valence-electron chi connectivity index (χ3n) is 3.81. The van der Waals surface area contributed by atoms with Crippen LogP contribution in [0.5, 0.6) is 0 Å². The van der Waals surface area contributed by atoms with Crippen LogP contribution in [0.3, 0.4) is 0 Å². The van der Waals surface area contributed by atoms with E-state index in [-0.39, 0.29) is 5.95 Å². The molecule has 1 aliphatic rings. The molecule has 9 nitrogen and oxygen atoms in total. The predicted molar refractivity (Wildman–Crippen MR) is 79.7 cm³/mol. The van der Waals surface area contributed by atoms with Crippen LogP contribution in [0.1, 0.15) is 20.1 Å². The lowest BCUT2D eigenvalue weighted by molar-refractivity contribution is -0.0847. The van der Waals surface area contributed by atoms with Crippen molar-refractivity contribution in [2.75, 3.05) is 5.73 Å². The van der Waals surface area contributed by atoms with E-state index < -0.39 is 30.1 Å². The van der Waals surface area contributed by atoms with Crippen LogP contribution in [0, 0.1) is 11.8 Å². The molecule has 0 spiro atoms. The molecule has 2 aromatic heterocycles.